The molecule has 0 aliphatic rings. The fourth-order valence-corrected chi connectivity index (χ4v) is 2.74. The topological polar surface area (TPSA) is 84.0 Å². The van der Waals surface area contributed by atoms with Crippen molar-refractivity contribution in [1.29, 1.82) is 0 Å². The van der Waals surface area contributed by atoms with E-state index in [1.54, 1.807) is 0 Å². The van der Waals surface area contributed by atoms with Crippen LogP contribution < -0.4 is 10.6 Å². The molecule has 8 heteroatoms. The summed E-state index contributed by atoms with van der Waals surface area (Å²) in [6.45, 7) is 2.35. The molecule has 26 heavy (non-hydrogen) atoms. The molecule has 0 radical (unpaired) electrons. The molecule has 0 aliphatic carbocycles. The molecule has 2 aromatic carbocycles. The summed E-state index contributed by atoms with van der Waals surface area (Å²) in [5.41, 5.74) is 2.53. The van der Waals surface area contributed by atoms with Crippen molar-refractivity contribution in [2.45, 2.75) is 13.5 Å². The summed E-state index contributed by atoms with van der Waals surface area (Å²) in [5.74, 6) is -1.30. The molecule has 0 saturated heterocycles. The monoisotopic (exact) mass is 370 g/mol. The largest absolute Gasteiger partial charge is 0.346 e. The van der Waals surface area contributed by atoms with Crippen molar-refractivity contribution in [2.75, 3.05) is 5.32 Å². The molecule has 0 saturated carbocycles. The summed E-state index contributed by atoms with van der Waals surface area (Å²) in [6, 6.07) is 13.1. The van der Waals surface area contributed by atoms with E-state index in [1.165, 1.54) is 24.3 Å². The predicted molar refractivity (Wildman–Crippen MR) is 96.6 cm³/mol. The minimum atomic E-state index is -0.508. The van der Waals surface area contributed by atoms with Gasteiger partial charge in [0.25, 0.3) is 11.8 Å². The van der Waals surface area contributed by atoms with Gasteiger partial charge < -0.3 is 10.6 Å². The second-order valence-corrected chi connectivity index (χ2v) is 6.52. The molecule has 0 atom stereocenters. The lowest BCUT2D eigenvalue weighted by Crippen LogP contribution is -2.22. The third-order valence-corrected chi connectivity index (χ3v) is 4.41. The van der Waals surface area contributed by atoms with Crippen LogP contribution in [0.2, 0.25) is 0 Å². The smallest absolute Gasteiger partial charge is 0.286 e. The molecule has 0 aliphatic heterocycles. The normalized spacial score (nSPS) is 10.4. The second kappa shape index (κ2) is 7.83. The first kappa shape index (κ1) is 17.7. The van der Waals surface area contributed by atoms with E-state index in [0.717, 1.165) is 22.5 Å². The summed E-state index contributed by atoms with van der Waals surface area (Å²) in [7, 11) is 0. The number of amides is 2. The van der Waals surface area contributed by atoms with Gasteiger partial charge in [-0.1, -0.05) is 41.2 Å². The molecule has 0 bridgehead atoms. The Balaban J connectivity index is 1.59. The number of rotatable bonds is 5. The van der Waals surface area contributed by atoms with Gasteiger partial charge in [-0.15, -0.1) is 10.2 Å². The van der Waals surface area contributed by atoms with Crippen LogP contribution >= 0.6 is 11.3 Å². The highest BCUT2D eigenvalue weighted by molar-refractivity contribution is 7.15. The number of hydrogen-bond acceptors (Lipinski definition) is 5. The Bertz CT molecular complexity index is 923. The standard InChI is InChI=1S/C18H15FN4O2S/c1-11-2-4-12(5-3-11)10-20-15(24)17-22-23-18(26-17)16(25)21-14-8-6-13(19)7-9-14/h2-9H,10H2,1H3,(H,20,24)(H,21,25). The van der Waals surface area contributed by atoms with Crippen molar-refractivity contribution >= 4 is 28.8 Å². The van der Waals surface area contributed by atoms with Gasteiger partial charge in [0.05, 0.1) is 0 Å². The van der Waals surface area contributed by atoms with E-state index in [0.29, 0.717) is 12.2 Å². The number of nitrogens with zero attached hydrogens (tertiary/aromatic N) is 2. The lowest BCUT2D eigenvalue weighted by atomic mass is 10.1. The lowest BCUT2D eigenvalue weighted by molar-refractivity contribution is 0.0948. The van der Waals surface area contributed by atoms with Crippen LogP contribution in [0.25, 0.3) is 0 Å². The van der Waals surface area contributed by atoms with Gasteiger partial charge in [0.2, 0.25) is 10.0 Å². The van der Waals surface area contributed by atoms with Crippen LogP contribution in [0.5, 0.6) is 0 Å². The molecular formula is C18H15FN4O2S. The second-order valence-electron chi connectivity index (χ2n) is 5.54. The third kappa shape index (κ3) is 4.48. The summed E-state index contributed by atoms with van der Waals surface area (Å²) >= 11 is 0.889. The molecule has 6 nitrogen and oxygen atoms in total. The average Bonchev–Trinajstić information content (AvgIpc) is 3.13. The fraction of sp³-hybridized carbons (Fsp3) is 0.111. The first-order chi connectivity index (χ1) is 12.5. The Morgan fingerprint density at radius 1 is 0.962 bits per heavy atom. The van der Waals surface area contributed by atoms with Crippen molar-refractivity contribution in [1.82, 2.24) is 15.5 Å². The van der Waals surface area contributed by atoms with Gasteiger partial charge in [0.1, 0.15) is 5.82 Å². The molecule has 132 valence electrons. The molecule has 3 rings (SSSR count). The van der Waals surface area contributed by atoms with E-state index in [4.69, 9.17) is 0 Å². The van der Waals surface area contributed by atoms with Gasteiger partial charge in [0, 0.05) is 12.2 Å². The minimum Gasteiger partial charge on any atom is -0.346 e. The summed E-state index contributed by atoms with van der Waals surface area (Å²) in [5, 5.41) is 13.0. The Morgan fingerprint density at radius 2 is 1.58 bits per heavy atom. The molecule has 1 heterocycles. The zero-order valence-electron chi connectivity index (χ0n) is 13.8. The van der Waals surface area contributed by atoms with E-state index in [9.17, 15) is 14.0 Å². The molecule has 2 amide bonds. The van der Waals surface area contributed by atoms with Gasteiger partial charge in [-0.25, -0.2) is 4.39 Å². The minimum absolute atomic E-state index is 0.0508. The number of aryl methyl sites for hydroxylation is 1. The quantitative estimate of drug-likeness (QED) is 0.723. The van der Waals surface area contributed by atoms with Gasteiger partial charge in [-0.2, -0.15) is 0 Å². The van der Waals surface area contributed by atoms with Gasteiger partial charge in [-0.3, -0.25) is 9.59 Å². The maximum atomic E-state index is 12.9. The zero-order chi connectivity index (χ0) is 18.5. The number of carbonyl (C=O) groups is 2. The van der Waals surface area contributed by atoms with Crippen LogP contribution in [0.15, 0.2) is 48.5 Å². The number of hydrogen-bond donors (Lipinski definition) is 2. The summed E-state index contributed by atoms with van der Waals surface area (Å²) in [4.78, 5) is 24.3. The molecular weight excluding hydrogens is 355 g/mol. The Kier molecular flexibility index (Phi) is 5.33. The predicted octanol–water partition coefficient (Wildman–Crippen LogP) is 3.17. The number of carbonyl (C=O) groups excluding carboxylic acids is 2. The van der Waals surface area contributed by atoms with Crippen LogP contribution in [0.4, 0.5) is 10.1 Å². The van der Waals surface area contributed by atoms with E-state index in [-0.39, 0.29) is 10.0 Å². The SMILES string of the molecule is Cc1ccc(CNC(=O)c2nnc(C(=O)Nc3ccc(F)cc3)s2)cc1. The number of nitrogens with one attached hydrogen (secondary N) is 2. The van der Waals surface area contributed by atoms with Crippen LogP contribution in [0, 0.1) is 12.7 Å². The highest BCUT2D eigenvalue weighted by Gasteiger charge is 2.17. The Labute approximate surface area is 153 Å². The molecule has 0 fully saturated rings. The number of halogens is 1. The molecule has 0 spiro atoms. The van der Waals surface area contributed by atoms with Crippen molar-refractivity contribution < 1.29 is 14.0 Å². The summed E-state index contributed by atoms with van der Waals surface area (Å²) in [6.07, 6.45) is 0. The molecule has 2 N–H and O–H groups in total. The first-order valence-corrected chi connectivity index (χ1v) is 8.57. The van der Waals surface area contributed by atoms with Crippen molar-refractivity contribution in [3.05, 3.63) is 75.5 Å². The van der Waals surface area contributed by atoms with Crippen LogP contribution in [-0.2, 0) is 6.54 Å². The maximum absolute atomic E-state index is 12.9. The number of anilines is 1. The van der Waals surface area contributed by atoms with E-state index in [2.05, 4.69) is 20.8 Å². The Morgan fingerprint density at radius 3 is 2.23 bits per heavy atom. The Hall–Kier alpha value is -3.13. The van der Waals surface area contributed by atoms with Crippen molar-refractivity contribution in [3.63, 3.8) is 0 Å². The number of aromatic nitrogens is 2. The lowest BCUT2D eigenvalue weighted by Gasteiger charge is -2.03. The fourth-order valence-electron chi connectivity index (χ4n) is 2.09. The van der Waals surface area contributed by atoms with E-state index in [1.807, 2.05) is 31.2 Å². The van der Waals surface area contributed by atoms with Gasteiger partial charge in [0.15, 0.2) is 0 Å². The summed E-state index contributed by atoms with van der Waals surface area (Å²) < 4.78 is 12.9. The van der Waals surface area contributed by atoms with Gasteiger partial charge >= 0.3 is 0 Å². The first-order valence-electron chi connectivity index (χ1n) is 7.75. The average molecular weight is 370 g/mol. The maximum Gasteiger partial charge on any atom is 0.286 e. The van der Waals surface area contributed by atoms with Gasteiger partial charge in [-0.05, 0) is 36.8 Å². The molecule has 0 unspecified atom stereocenters. The van der Waals surface area contributed by atoms with Crippen molar-refractivity contribution in [2.24, 2.45) is 0 Å². The van der Waals surface area contributed by atoms with E-state index >= 15 is 0 Å². The van der Waals surface area contributed by atoms with Crippen LogP contribution in [-0.4, -0.2) is 22.0 Å². The van der Waals surface area contributed by atoms with Crippen LogP contribution in [0.1, 0.15) is 30.7 Å². The molecule has 1 aromatic heterocycles. The highest BCUT2D eigenvalue weighted by Crippen LogP contribution is 2.14. The molecule has 3 aromatic rings. The number of benzene rings is 2. The highest BCUT2D eigenvalue weighted by atomic mass is 32.1. The third-order valence-electron chi connectivity index (χ3n) is 3.49. The van der Waals surface area contributed by atoms with E-state index < -0.39 is 17.6 Å². The van der Waals surface area contributed by atoms with Crippen LogP contribution in [0.3, 0.4) is 0 Å². The van der Waals surface area contributed by atoms with Crippen molar-refractivity contribution in [3.8, 4) is 0 Å². The zero-order valence-corrected chi connectivity index (χ0v) is 14.6.